The standard InChI is InChI=1S/C18H14Cl3N3O2/c1-24-14-7-11(19)3-2-10(14)6-15(24)18(26)23-8-9-4-12(20)16(17(22)25)13(21)5-9/h2-7H,8H2,1H3,(H2,22,25)(H,23,26). The second-order valence-corrected chi connectivity index (χ2v) is 7.02. The zero-order chi connectivity index (χ0) is 19.0. The SMILES string of the molecule is Cn1c(C(=O)NCc2cc(Cl)c(C(N)=O)c(Cl)c2)cc2ccc(Cl)cc21. The highest BCUT2D eigenvalue weighted by Gasteiger charge is 2.16. The summed E-state index contributed by atoms with van der Waals surface area (Å²) in [4.78, 5) is 23.9. The molecule has 2 aromatic carbocycles. The van der Waals surface area contributed by atoms with Crippen LogP contribution in [0.4, 0.5) is 0 Å². The molecule has 0 radical (unpaired) electrons. The summed E-state index contributed by atoms with van der Waals surface area (Å²) >= 11 is 18.1. The normalized spacial score (nSPS) is 10.9. The molecule has 3 N–H and O–H groups in total. The first-order valence-electron chi connectivity index (χ1n) is 7.59. The fraction of sp³-hybridized carbons (Fsp3) is 0.111. The molecule has 3 aromatic rings. The Morgan fingerprint density at radius 1 is 1.08 bits per heavy atom. The van der Waals surface area contributed by atoms with Gasteiger partial charge in [-0.25, -0.2) is 0 Å². The topological polar surface area (TPSA) is 77.1 Å². The van der Waals surface area contributed by atoms with Crippen molar-refractivity contribution in [1.82, 2.24) is 9.88 Å². The number of primary amides is 1. The fourth-order valence-corrected chi connectivity index (χ4v) is 3.64. The third kappa shape index (κ3) is 3.51. The highest BCUT2D eigenvalue weighted by Crippen LogP contribution is 2.26. The van der Waals surface area contributed by atoms with Gasteiger partial charge in [-0.3, -0.25) is 9.59 Å². The molecule has 0 aliphatic rings. The van der Waals surface area contributed by atoms with E-state index in [0.717, 1.165) is 10.9 Å². The van der Waals surface area contributed by atoms with Crippen molar-refractivity contribution in [1.29, 1.82) is 0 Å². The fourth-order valence-electron chi connectivity index (χ4n) is 2.76. The van der Waals surface area contributed by atoms with E-state index in [9.17, 15) is 9.59 Å². The average molecular weight is 411 g/mol. The number of nitrogens with one attached hydrogen (secondary N) is 1. The van der Waals surface area contributed by atoms with E-state index >= 15 is 0 Å². The van der Waals surface area contributed by atoms with Gasteiger partial charge in [-0.2, -0.15) is 0 Å². The monoisotopic (exact) mass is 409 g/mol. The Balaban J connectivity index is 1.81. The predicted molar refractivity (Wildman–Crippen MR) is 104 cm³/mol. The number of hydrogen-bond donors (Lipinski definition) is 2. The molecule has 0 fully saturated rings. The van der Waals surface area contributed by atoms with Gasteiger partial charge < -0.3 is 15.6 Å². The van der Waals surface area contributed by atoms with Crippen molar-refractivity contribution in [2.45, 2.75) is 6.54 Å². The molecule has 3 rings (SSSR count). The van der Waals surface area contributed by atoms with Crippen LogP contribution in [0.5, 0.6) is 0 Å². The molecular weight excluding hydrogens is 397 g/mol. The molecule has 5 nitrogen and oxygen atoms in total. The van der Waals surface area contributed by atoms with Crippen LogP contribution in [0.3, 0.4) is 0 Å². The Morgan fingerprint density at radius 2 is 1.73 bits per heavy atom. The number of hydrogen-bond acceptors (Lipinski definition) is 2. The van der Waals surface area contributed by atoms with Crippen molar-refractivity contribution in [2.24, 2.45) is 12.8 Å². The first-order chi connectivity index (χ1) is 12.3. The third-order valence-corrected chi connectivity index (χ3v) is 4.87. The minimum absolute atomic E-state index is 0.0639. The maximum Gasteiger partial charge on any atom is 0.268 e. The molecule has 0 saturated heterocycles. The molecule has 134 valence electrons. The minimum Gasteiger partial charge on any atom is -0.366 e. The number of nitrogens with zero attached hydrogens (tertiary/aromatic N) is 1. The maximum atomic E-state index is 12.5. The molecule has 0 atom stereocenters. The molecule has 26 heavy (non-hydrogen) atoms. The van der Waals surface area contributed by atoms with Crippen LogP contribution in [0.1, 0.15) is 26.4 Å². The maximum absolute atomic E-state index is 12.5. The summed E-state index contributed by atoms with van der Waals surface area (Å²) in [7, 11) is 1.79. The lowest BCUT2D eigenvalue weighted by Gasteiger charge is -2.09. The van der Waals surface area contributed by atoms with Gasteiger partial charge in [0, 0.05) is 29.5 Å². The van der Waals surface area contributed by atoms with Gasteiger partial charge in [-0.1, -0.05) is 40.9 Å². The van der Waals surface area contributed by atoms with Crippen LogP contribution in [0.2, 0.25) is 15.1 Å². The molecule has 2 amide bonds. The summed E-state index contributed by atoms with van der Waals surface area (Å²) < 4.78 is 1.77. The van der Waals surface area contributed by atoms with Crippen molar-refractivity contribution in [2.75, 3.05) is 0 Å². The van der Waals surface area contributed by atoms with Gasteiger partial charge in [0.05, 0.1) is 15.6 Å². The Kier molecular flexibility index (Phi) is 5.14. The average Bonchev–Trinajstić information content (AvgIpc) is 2.88. The second-order valence-electron chi connectivity index (χ2n) is 5.77. The van der Waals surface area contributed by atoms with Crippen LogP contribution in [0, 0.1) is 0 Å². The van der Waals surface area contributed by atoms with E-state index < -0.39 is 5.91 Å². The van der Waals surface area contributed by atoms with Gasteiger partial charge >= 0.3 is 0 Å². The molecule has 0 aliphatic carbocycles. The number of aromatic nitrogens is 1. The molecule has 0 spiro atoms. The number of nitrogens with two attached hydrogens (primary N) is 1. The largest absolute Gasteiger partial charge is 0.366 e. The summed E-state index contributed by atoms with van der Waals surface area (Å²) in [5, 5.41) is 4.62. The molecule has 1 heterocycles. The molecule has 0 aliphatic heterocycles. The third-order valence-electron chi connectivity index (χ3n) is 4.04. The van der Waals surface area contributed by atoms with E-state index in [2.05, 4.69) is 5.32 Å². The summed E-state index contributed by atoms with van der Waals surface area (Å²) in [5.41, 5.74) is 7.31. The summed E-state index contributed by atoms with van der Waals surface area (Å²) in [6.45, 7) is 0.194. The van der Waals surface area contributed by atoms with Crippen molar-refractivity contribution >= 4 is 57.5 Å². The van der Waals surface area contributed by atoms with Gasteiger partial charge in [0.1, 0.15) is 5.69 Å². The zero-order valence-electron chi connectivity index (χ0n) is 13.6. The number of rotatable bonds is 4. The summed E-state index contributed by atoms with van der Waals surface area (Å²) in [5.74, 6) is -0.962. The first-order valence-corrected chi connectivity index (χ1v) is 8.72. The van der Waals surface area contributed by atoms with E-state index in [1.807, 2.05) is 6.07 Å². The highest BCUT2D eigenvalue weighted by molar-refractivity contribution is 6.39. The number of aryl methyl sites for hydroxylation is 1. The van der Waals surface area contributed by atoms with Crippen molar-refractivity contribution in [3.8, 4) is 0 Å². The number of halogens is 3. The lowest BCUT2D eigenvalue weighted by Crippen LogP contribution is -2.25. The summed E-state index contributed by atoms with van der Waals surface area (Å²) in [6.07, 6.45) is 0. The smallest absolute Gasteiger partial charge is 0.268 e. The minimum atomic E-state index is -0.704. The van der Waals surface area contributed by atoms with E-state index in [1.165, 1.54) is 0 Å². The van der Waals surface area contributed by atoms with Gasteiger partial charge in [-0.15, -0.1) is 0 Å². The van der Waals surface area contributed by atoms with Crippen LogP contribution in [-0.4, -0.2) is 16.4 Å². The number of fused-ring (bicyclic) bond motifs is 1. The Hall–Kier alpha value is -2.21. The van der Waals surface area contributed by atoms with Crippen LogP contribution < -0.4 is 11.1 Å². The molecule has 0 unspecified atom stereocenters. The first kappa shape index (κ1) is 18.6. The van der Waals surface area contributed by atoms with Crippen LogP contribution in [0.25, 0.3) is 10.9 Å². The molecule has 1 aromatic heterocycles. The van der Waals surface area contributed by atoms with Crippen molar-refractivity contribution in [3.05, 3.63) is 68.3 Å². The number of amides is 2. The Bertz CT molecular complexity index is 1020. The van der Waals surface area contributed by atoms with Gasteiger partial charge in [0.2, 0.25) is 0 Å². The van der Waals surface area contributed by atoms with E-state index in [1.54, 1.807) is 41.9 Å². The lowest BCUT2D eigenvalue weighted by atomic mass is 10.1. The van der Waals surface area contributed by atoms with E-state index in [4.69, 9.17) is 40.5 Å². The quantitative estimate of drug-likeness (QED) is 0.677. The zero-order valence-corrected chi connectivity index (χ0v) is 15.9. The Labute approximate surface area is 164 Å². The van der Waals surface area contributed by atoms with Crippen LogP contribution >= 0.6 is 34.8 Å². The predicted octanol–water partition coefficient (Wildman–Crippen LogP) is 4.17. The van der Waals surface area contributed by atoms with Crippen molar-refractivity contribution in [3.63, 3.8) is 0 Å². The van der Waals surface area contributed by atoms with E-state index in [0.29, 0.717) is 16.3 Å². The second kappa shape index (κ2) is 7.19. The molecule has 0 saturated carbocycles. The summed E-state index contributed by atoms with van der Waals surface area (Å²) in [6, 6.07) is 10.3. The van der Waals surface area contributed by atoms with Crippen molar-refractivity contribution < 1.29 is 9.59 Å². The molecular formula is C18H14Cl3N3O2. The van der Waals surface area contributed by atoms with Gasteiger partial charge in [0.25, 0.3) is 11.8 Å². The molecule has 8 heteroatoms. The number of carbonyl (C=O) groups excluding carboxylic acids is 2. The number of benzene rings is 2. The number of carbonyl (C=O) groups is 2. The lowest BCUT2D eigenvalue weighted by molar-refractivity contribution is 0.0941. The Morgan fingerprint density at radius 3 is 2.35 bits per heavy atom. The van der Waals surface area contributed by atoms with E-state index in [-0.39, 0.29) is 28.1 Å². The highest BCUT2D eigenvalue weighted by atomic mass is 35.5. The van der Waals surface area contributed by atoms with Crippen LogP contribution in [-0.2, 0) is 13.6 Å². The van der Waals surface area contributed by atoms with Gasteiger partial charge in [0.15, 0.2) is 0 Å². The molecule has 0 bridgehead atoms. The van der Waals surface area contributed by atoms with Gasteiger partial charge in [-0.05, 0) is 35.9 Å². The van der Waals surface area contributed by atoms with Crippen LogP contribution in [0.15, 0.2) is 36.4 Å².